The SMILES string of the molecule is C.C.C.CCCCC(C)=O. The third-order valence-electron chi connectivity index (χ3n) is 0.882. The first-order valence-electron chi connectivity index (χ1n) is 2.76. The summed E-state index contributed by atoms with van der Waals surface area (Å²) < 4.78 is 0. The van der Waals surface area contributed by atoms with Gasteiger partial charge in [0.1, 0.15) is 5.78 Å². The molecule has 0 fully saturated rings. The molecule has 66 valence electrons. The van der Waals surface area contributed by atoms with Gasteiger partial charge in [0.2, 0.25) is 0 Å². The number of rotatable bonds is 3. The molecule has 0 bridgehead atoms. The Morgan fingerprint density at radius 3 is 1.70 bits per heavy atom. The highest BCUT2D eigenvalue weighted by molar-refractivity contribution is 5.75. The number of Topliss-reactive ketones (excluding diaryl/α,β-unsaturated/α-hetero) is 1. The molecule has 0 heterocycles. The van der Waals surface area contributed by atoms with Crippen LogP contribution in [-0.2, 0) is 4.79 Å². The van der Waals surface area contributed by atoms with E-state index in [2.05, 4.69) is 6.92 Å². The lowest BCUT2D eigenvalue weighted by atomic mass is 10.2. The highest BCUT2D eigenvalue weighted by Crippen LogP contribution is 1.92. The Hall–Kier alpha value is -0.330. The average molecular weight is 148 g/mol. The summed E-state index contributed by atoms with van der Waals surface area (Å²) in [5.74, 6) is 0.307. The lowest BCUT2D eigenvalue weighted by Gasteiger charge is -1.86. The van der Waals surface area contributed by atoms with E-state index in [0.717, 1.165) is 19.3 Å². The first-order valence-corrected chi connectivity index (χ1v) is 2.76. The van der Waals surface area contributed by atoms with Crippen LogP contribution in [0.2, 0.25) is 0 Å². The minimum absolute atomic E-state index is 0. The number of unbranched alkanes of at least 4 members (excludes halogenated alkanes) is 1. The third-order valence-corrected chi connectivity index (χ3v) is 0.882. The van der Waals surface area contributed by atoms with Crippen molar-refractivity contribution in [2.75, 3.05) is 0 Å². The van der Waals surface area contributed by atoms with Crippen LogP contribution in [0.4, 0.5) is 0 Å². The van der Waals surface area contributed by atoms with Crippen LogP contribution in [0, 0.1) is 0 Å². The molecule has 0 saturated carbocycles. The molecule has 1 heteroatoms. The maximum absolute atomic E-state index is 10.2. The molecule has 0 spiro atoms. The topological polar surface area (TPSA) is 17.1 Å². The fourth-order valence-corrected chi connectivity index (χ4v) is 0.426. The fraction of sp³-hybridized carbons (Fsp3) is 0.889. The first kappa shape index (κ1) is 22.6. The zero-order valence-electron chi connectivity index (χ0n) is 5.03. The second-order valence-corrected chi connectivity index (χ2v) is 1.81. The quantitative estimate of drug-likeness (QED) is 0.596. The van der Waals surface area contributed by atoms with Crippen LogP contribution in [0.1, 0.15) is 55.4 Å². The summed E-state index contributed by atoms with van der Waals surface area (Å²) in [6.45, 7) is 3.72. The van der Waals surface area contributed by atoms with Gasteiger partial charge in [-0.25, -0.2) is 0 Å². The molecule has 0 aromatic carbocycles. The number of carbonyl (C=O) groups is 1. The van der Waals surface area contributed by atoms with E-state index < -0.39 is 0 Å². The third kappa shape index (κ3) is 25.3. The molecule has 10 heavy (non-hydrogen) atoms. The van der Waals surface area contributed by atoms with Crippen molar-refractivity contribution in [3.05, 3.63) is 0 Å². The molecule has 0 aromatic rings. The van der Waals surface area contributed by atoms with Gasteiger partial charge in [0, 0.05) is 6.42 Å². The van der Waals surface area contributed by atoms with Crippen LogP contribution >= 0.6 is 0 Å². The Bertz CT molecular complexity index is 57.7. The summed E-state index contributed by atoms with van der Waals surface area (Å²) in [4.78, 5) is 10.2. The van der Waals surface area contributed by atoms with Crippen molar-refractivity contribution in [1.82, 2.24) is 0 Å². The van der Waals surface area contributed by atoms with Gasteiger partial charge in [0.05, 0.1) is 0 Å². The summed E-state index contributed by atoms with van der Waals surface area (Å²) >= 11 is 0. The molecular weight excluding hydrogens is 124 g/mol. The van der Waals surface area contributed by atoms with Crippen molar-refractivity contribution in [3.63, 3.8) is 0 Å². The van der Waals surface area contributed by atoms with Crippen molar-refractivity contribution in [1.29, 1.82) is 0 Å². The van der Waals surface area contributed by atoms with E-state index in [1.165, 1.54) is 0 Å². The number of ketones is 1. The second-order valence-electron chi connectivity index (χ2n) is 1.81. The summed E-state index contributed by atoms with van der Waals surface area (Å²) in [5.41, 5.74) is 0. The number of carbonyl (C=O) groups excluding carboxylic acids is 1. The van der Waals surface area contributed by atoms with E-state index in [1.54, 1.807) is 6.92 Å². The molecule has 0 aliphatic heterocycles. The first-order chi connectivity index (χ1) is 3.27. The molecule has 0 atom stereocenters. The summed E-state index contributed by atoms with van der Waals surface area (Å²) in [6, 6.07) is 0. The lowest BCUT2D eigenvalue weighted by molar-refractivity contribution is -0.117. The lowest BCUT2D eigenvalue weighted by Crippen LogP contribution is -1.86. The van der Waals surface area contributed by atoms with E-state index in [0.29, 0.717) is 5.78 Å². The molecule has 0 saturated heterocycles. The smallest absolute Gasteiger partial charge is 0.129 e. The summed E-state index contributed by atoms with van der Waals surface area (Å²) in [7, 11) is 0. The minimum Gasteiger partial charge on any atom is -0.300 e. The van der Waals surface area contributed by atoms with Gasteiger partial charge in [-0.1, -0.05) is 35.6 Å². The Morgan fingerprint density at radius 1 is 1.20 bits per heavy atom. The predicted octanol–water partition coefficient (Wildman–Crippen LogP) is 3.67. The minimum atomic E-state index is 0. The molecule has 0 radical (unpaired) electrons. The average Bonchev–Trinajstić information content (AvgIpc) is 1.61. The van der Waals surface area contributed by atoms with E-state index in [1.807, 2.05) is 0 Å². The van der Waals surface area contributed by atoms with E-state index in [4.69, 9.17) is 0 Å². The molecule has 0 aromatic heterocycles. The van der Waals surface area contributed by atoms with Gasteiger partial charge < -0.3 is 4.79 Å². The van der Waals surface area contributed by atoms with Gasteiger partial charge in [-0.2, -0.15) is 0 Å². The Balaban J connectivity index is -0.0000000600. The summed E-state index contributed by atoms with van der Waals surface area (Å²) in [6.07, 6.45) is 2.94. The van der Waals surface area contributed by atoms with Crippen LogP contribution in [0.5, 0.6) is 0 Å². The van der Waals surface area contributed by atoms with Crippen molar-refractivity contribution < 1.29 is 4.79 Å². The Morgan fingerprint density at radius 2 is 1.60 bits per heavy atom. The summed E-state index contributed by atoms with van der Waals surface area (Å²) in [5, 5.41) is 0. The molecule has 0 aliphatic carbocycles. The Labute approximate surface area is 66.8 Å². The van der Waals surface area contributed by atoms with Gasteiger partial charge >= 0.3 is 0 Å². The van der Waals surface area contributed by atoms with Crippen LogP contribution in [0.15, 0.2) is 0 Å². The highest BCUT2D eigenvalue weighted by atomic mass is 16.1. The molecule has 0 aliphatic rings. The van der Waals surface area contributed by atoms with Crippen LogP contribution in [0.3, 0.4) is 0 Å². The molecule has 0 rings (SSSR count). The van der Waals surface area contributed by atoms with Crippen molar-refractivity contribution in [2.45, 2.75) is 55.4 Å². The monoisotopic (exact) mass is 148 g/mol. The van der Waals surface area contributed by atoms with Gasteiger partial charge in [-0.15, -0.1) is 0 Å². The van der Waals surface area contributed by atoms with Gasteiger partial charge in [0.25, 0.3) is 0 Å². The van der Waals surface area contributed by atoms with E-state index in [9.17, 15) is 4.79 Å². The number of hydrogen-bond acceptors (Lipinski definition) is 1. The van der Waals surface area contributed by atoms with Crippen LogP contribution in [0.25, 0.3) is 0 Å². The largest absolute Gasteiger partial charge is 0.300 e. The van der Waals surface area contributed by atoms with E-state index >= 15 is 0 Å². The van der Waals surface area contributed by atoms with Crippen molar-refractivity contribution in [3.8, 4) is 0 Å². The number of hydrogen-bond donors (Lipinski definition) is 0. The second kappa shape index (κ2) is 15.9. The molecule has 0 unspecified atom stereocenters. The molecule has 0 N–H and O–H groups in total. The van der Waals surface area contributed by atoms with Gasteiger partial charge in [-0.3, -0.25) is 0 Å². The maximum Gasteiger partial charge on any atom is 0.129 e. The highest BCUT2D eigenvalue weighted by Gasteiger charge is 1.87. The Kier molecular flexibility index (Phi) is 35.9. The van der Waals surface area contributed by atoms with Crippen LogP contribution < -0.4 is 0 Å². The molecule has 0 amide bonds. The van der Waals surface area contributed by atoms with Crippen molar-refractivity contribution in [2.24, 2.45) is 0 Å². The van der Waals surface area contributed by atoms with Gasteiger partial charge in [-0.05, 0) is 13.3 Å². The van der Waals surface area contributed by atoms with Gasteiger partial charge in [0.15, 0.2) is 0 Å². The van der Waals surface area contributed by atoms with E-state index in [-0.39, 0.29) is 22.3 Å². The van der Waals surface area contributed by atoms with Crippen molar-refractivity contribution >= 4 is 5.78 Å². The maximum atomic E-state index is 10.2. The standard InChI is InChI=1S/C6H12O.3CH4/c1-3-4-5-6(2)7;;;/h3-5H2,1-2H3;3*1H4. The normalized spacial score (nSPS) is 6.20. The van der Waals surface area contributed by atoms with Crippen LogP contribution in [-0.4, -0.2) is 5.78 Å². The fourth-order valence-electron chi connectivity index (χ4n) is 0.426. The molecular formula is C9H24O. The molecule has 1 nitrogen and oxygen atoms in total. The predicted molar refractivity (Wildman–Crippen MR) is 50.4 cm³/mol. The zero-order valence-corrected chi connectivity index (χ0v) is 5.03. The zero-order chi connectivity index (χ0) is 5.70.